The van der Waals surface area contributed by atoms with Crippen LogP contribution in [0, 0.1) is 5.82 Å². The second kappa shape index (κ2) is 5.14. The van der Waals surface area contributed by atoms with Gasteiger partial charge in [-0.2, -0.15) is 0 Å². The molecule has 0 radical (unpaired) electrons. The predicted octanol–water partition coefficient (Wildman–Crippen LogP) is 4.22. The molecule has 0 amide bonds. The molecule has 98 valence electrons. The molecule has 1 saturated carbocycles. The molecule has 2 N–H and O–H groups in total. The van der Waals surface area contributed by atoms with E-state index in [0.717, 1.165) is 11.1 Å². The molecule has 0 aliphatic heterocycles. The molecule has 1 nitrogen and oxygen atoms in total. The van der Waals surface area contributed by atoms with Gasteiger partial charge in [0.05, 0.1) is 0 Å². The Morgan fingerprint density at radius 2 is 1.89 bits per heavy atom. The maximum atomic E-state index is 13.9. The van der Waals surface area contributed by atoms with E-state index in [1.54, 1.807) is 12.1 Å². The minimum atomic E-state index is -0.205. The van der Waals surface area contributed by atoms with Gasteiger partial charge in [-0.05, 0) is 41.5 Å². The van der Waals surface area contributed by atoms with Gasteiger partial charge in [0.2, 0.25) is 0 Å². The number of halogens is 1. The third-order valence-corrected chi connectivity index (χ3v) is 4.09. The van der Waals surface area contributed by atoms with Crippen LogP contribution in [0.25, 0.3) is 11.1 Å². The first-order valence-electron chi connectivity index (χ1n) is 6.87. The van der Waals surface area contributed by atoms with E-state index in [4.69, 9.17) is 5.73 Å². The Labute approximate surface area is 113 Å². The Morgan fingerprint density at radius 3 is 2.53 bits per heavy atom. The standard InChI is InChI=1S/C17H18FN/c18-17-10-13(8-9-14(17)11-19)16-7-2-1-6-15(16)12-4-3-5-12/h1-2,6-10,12H,3-5,11,19H2. The third kappa shape index (κ3) is 2.28. The molecule has 1 fully saturated rings. The average molecular weight is 255 g/mol. The number of benzene rings is 2. The highest BCUT2D eigenvalue weighted by molar-refractivity contribution is 5.68. The largest absolute Gasteiger partial charge is 0.326 e. The molecule has 2 heteroatoms. The van der Waals surface area contributed by atoms with Crippen molar-refractivity contribution in [3.8, 4) is 11.1 Å². The third-order valence-electron chi connectivity index (χ3n) is 4.09. The van der Waals surface area contributed by atoms with Gasteiger partial charge in [-0.3, -0.25) is 0 Å². The zero-order chi connectivity index (χ0) is 13.2. The van der Waals surface area contributed by atoms with Crippen LogP contribution in [0.2, 0.25) is 0 Å². The second-order valence-electron chi connectivity index (χ2n) is 5.23. The molecule has 0 aromatic heterocycles. The Kier molecular flexibility index (Phi) is 3.34. The van der Waals surface area contributed by atoms with E-state index < -0.39 is 0 Å². The van der Waals surface area contributed by atoms with Gasteiger partial charge in [0.15, 0.2) is 0 Å². The number of nitrogens with two attached hydrogens (primary N) is 1. The van der Waals surface area contributed by atoms with E-state index in [1.807, 2.05) is 12.1 Å². The van der Waals surface area contributed by atoms with Crippen LogP contribution in [0.5, 0.6) is 0 Å². The van der Waals surface area contributed by atoms with E-state index in [1.165, 1.54) is 24.8 Å². The smallest absolute Gasteiger partial charge is 0.128 e. The SMILES string of the molecule is NCc1ccc(-c2ccccc2C2CCC2)cc1F. The maximum Gasteiger partial charge on any atom is 0.128 e. The van der Waals surface area contributed by atoms with Crippen molar-refractivity contribution in [3.63, 3.8) is 0 Å². The molecule has 0 bridgehead atoms. The van der Waals surface area contributed by atoms with Crippen LogP contribution in [0.1, 0.15) is 36.3 Å². The Morgan fingerprint density at radius 1 is 1.11 bits per heavy atom. The lowest BCUT2D eigenvalue weighted by atomic mass is 9.77. The van der Waals surface area contributed by atoms with Gasteiger partial charge in [0, 0.05) is 12.1 Å². The van der Waals surface area contributed by atoms with Crippen molar-refractivity contribution >= 4 is 0 Å². The Balaban J connectivity index is 2.04. The van der Waals surface area contributed by atoms with Crippen LogP contribution in [-0.4, -0.2) is 0 Å². The van der Waals surface area contributed by atoms with Crippen molar-refractivity contribution in [2.45, 2.75) is 31.7 Å². The fraction of sp³-hybridized carbons (Fsp3) is 0.294. The quantitative estimate of drug-likeness (QED) is 0.873. The van der Waals surface area contributed by atoms with Crippen LogP contribution in [0.15, 0.2) is 42.5 Å². The summed E-state index contributed by atoms with van der Waals surface area (Å²) in [6.07, 6.45) is 3.81. The van der Waals surface area contributed by atoms with Gasteiger partial charge in [-0.15, -0.1) is 0 Å². The van der Waals surface area contributed by atoms with E-state index in [0.29, 0.717) is 11.5 Å². The highest BCUT2D eigenvalue weighted by Crippen LogP contribution is 2.41. The summed E-state index contributed by atoms with van der Waals surface area (Å²) in [5, 5.41) is 0. The van der Waals surface area contributed by atoms with Crippen molar-refractivity contribution in [1.29, 1.82) is 0 Å². The first-order chi connectivity index (χ1) is 9.29. The summed E-state index contributed by atoms with van der Waals surface area (Å²) in [5.74, 6) is 0.442. The van der Waals surface area contributed by atoms with Crippen molar-refractivity contribution in [2.75, 3.05) is 0 Å². The van der Waals surface area contributed by atoms with E-state index >= 15 is 0 Å². The van der Waals surface area contributed by atoms with E-state index in [9.17, 15) is 4.39 Å². The number of rotatable bonds is 3. The zero-order valence-electron chi connectivity index (χ0n) is 10.9. The lowest BCUT2D eigenvalue weighted by Crippen LogP contribution is -2.10. The molecule has 0 spiro atoms. The van der Waals surface area contributed by atoms with Gasteiger partial charge in [-0.25, -0.2) is 4.39 Å². The van der Waals surface area contributed by atoms with Crippen molar-refractivity contribution in [2.24, 2.45) is 5.73 Å². The average Bonchev–Trinajstić information content (AvgIpc) is 2.37. The predicted molar refractivity (Wildman–Crippen MR) is 76.3 cm³/mol. The molecule has 2 aromatic rings. The summed E-state index contributed by atoms with van der Waals surface area (Å²) in [6, 6.07) is 13.7. The fourth-order valence-corrected chi connectivity index (χ4v) is 2.72. The van der Waals surface area contributed by atoms with Gasteiger partial charge in [0.1, 0.15) is 5.82 Å². The molecule has 1 aliphatic carbocycles. The van der Waals surface area contributed by atoms with Crippen molar-refractivity contribution in [3.05, 3.63) is 59.4 Å². The number of hydrogen-bond acceptors (Lipinski definition) is 1. The Bertz CT molecular complexity index is 588. The van der Waals surface area contributed by atoms with Crippen LogP contribution in [-0.2, 0) is 6.54 Å². The molecule has 2 aromatic carbocycles. The van der Waals surface area contributed by atoms with Crippen LogP contribution in [0.3, 0.4) is 0 Å². The Hall–Kier alpha value is -1.67. The van der Waals surface area contributed by atoms with E-state index in [2.05, 4.69) is 18.2 Å². The maximum absolute atomic E-state index is 13.9. The van der Waals surface area contributed by atoms with Crippen LogP contribution in [0.4, 0.5) is 4.39 Å². The molecule has 3 rings (SSSR count). The molecule has 0 heterocycles. The van der Waals surface area contributed by atoms with Crippen molar-refractivity contribution < 1.29 is 4.39 Å². The van der Waals surface area contributed by atoms with Gasteiger partial charge < -0.3 is 5.73 Å². The topological polar surface area (TPSA) is 26.0 Å². The lowest BCUT2D eigenvalue weighted by molar-refractivity contribution is 0.420. The molecular formula is C17H18FN. The zero-order valence-corrected chi connectivity index (χ0v) is 10.9. The summed E-state index contributed by atoms with van der Waals surface area (Å²) < 4.78 is 13.9. The lowest BCUT2D eigenvalue weighted by Gasteiger charge is -2.28. The van der Waals surface area contributed by atoms with Gasteiger partial charge >= 0.3 is 0 Å². The summed E-state index contributed by atoms with van der Waals surface area (Å²) >= 11 is 0. The first-order valence-corrected chi connectivity index (χ1v) is 6.87. The van der Waals surface area contributed by atoms with Crippen LogP contribution >= 0.6 is 0 Å². The first kappa shape index (κ1) is 12.4. The highest BCUT2D eigenvalue weighted by atomic mass is 19.1. The monoisotopic (exact) mass is 255 g/mol. The molecule has 0 saturated heterocycles. The fourth-order valence-electron chi connectivity index (χ4n) is 2.72. The summed E-state index contributed by atoms with van der Waals surface area (Å²) in [4.78, 5) is 0. The van der Waals surface area contributed by atoms with Crippen LogP contribution < -0.4 is 5.73 Å². The normalized spacial score (nSPS) is 15.3. The second-order valence-corrected chi connectivity index (χ2v) is 5.23. The minimum Gasteiger partial charge on any atom is -0.326 e. The highest BCUT2D eigenvalue weighted by Gasteiger charge is 2.22. The van der Waals surface area contributed by atoms with Gasteiger partial charge in [-0.1, -0.05) is 42.8 Å². The summed E-state index contributed by atoms with van der Waals surface area (Å²) in [7, 11) is 0. The van der Waals surface area contributed by atoms with E-state index in [-0.39, 0.29) is 12.4 Å². The van der Waals surface area contributed by atoms with Crippen molar-refractivity contribution in [1.82, 2.24) is 0 Å². The number of hydrogen-bond donors (Lipinski definition) is 1. The molecule has 0 unspecified atom stereocenters. The van der Waals surface area contributed by atoms with Gasteiger partial charge in [0.25, 0.3) is 0 Å². The minimum absolute atomic E-state index is 0.205. The molecular weight excluding hydrogens is 237 g/mol. The molecule has 0 atom stereocenters. The summed E-state index contributed by atoms with van der Waals surface area (Å²) in [6.45, 7) is 0.246. The molecule has 1 aliphatic rings. The summed E-state index contributed by atoms with van der Waals surface area (Å²) in [5.41, 5.74) is 9.55. The molecule has 19 heavy (non-hydrogen) atoms.